The van der Waals surface area contributed by atoms with Crippen LogP contribution < -0.4 is 10.5 Å². The van der Waals surface area contributed by atoms with E-state index < -0.39 is 5.67 Å². The van der Waals surface area contributed by atoms with Crippen LogP contribution in [-0.4, -0.2) is 23.7 Å². The van der Waals surface area contributed by atoms with Crippen LogP contribution in [0.25, 0.3) is 0 Å². The lowest BCUT2D eigenvalue weighted by molar-refractivity contribution is 0.234. The summed E-state index contributed by atoms with van der Waals surface area (Å²) < 4.78 is 19.4. The van der Waals surface area contributed by atoms with Crippen LogP contribution in [0, 0.1) is 5.92 Å². The first-order valence-electron chi connectivity index (χ1n) is 9.47. The van der Waals surface area contributed by atoms with Crippen molar-refractivity contribution in [1.29, 1.82) is 0 Å². The number of rotatable bonds is 6. The molecule has 0 spiro atoms. The summed E-state index contributed by atoms with van der Waals surface area (Å²) >= 11 is 0. The normalized spacial score (nSPS) is 25.0. The van der Waals surface area contributed by atoms with Crippen molar-refractivity contribution < 1.29 is 9.13 Å². The number of halogens is 1. The van der Waals surface area contributed by atoms with Gasteiger partial charge in [0.2, 0.25) is 0 Å². The summed E-state index contributed by atoms with van der Waals surface area (Å²) in [6.07, 6.45) is 1.65. The molecular formula is C22H27FN2O. The third-order valence-corrected chi connectivity index (χ3v) is 5.72. The summed E-state index contributed by atoms with van der Waals surface area (Å²) in [7, 11) is 0. The van der Waals surface area contributed by atoms with E-state index >= 15 is 0 Å². The molecule has 2 atom stereocenters. The summed E-state index contributed by atoms with van der Waals surface area (Å²) in [6.45, 7) is 5.69. The van der Waals surface area contributed by atoms with Gasteiger partial charge in [0.05, 0.1) is 6.61 Å². The quantitative estimate of drug-likeness (QED) is 0.857. The molecule has 138 valence electrons. The fraction of sp³-hybridized carbons (Fsp3) is 0.455. The highest BCUT2D eigenvalue weighted by atomic mass is 19.1. The van der Waals surface area contributed by atoms with Gasteiger partial charge in [-0.2, -0.15) is 0 Å². The Kier molecular flexibility index (Phi) is 4.72. The first-order chi connectivity index (χ1) is 12.5. The predicted molar refractivity (Wildman–Crippen MR) is 102 cm³/mol. The van der Waals surface area contributed by atoms with Crippen LogP contribution in [-0.2, 0) is 26.1 Å². The number of nitrogens with two attached hydrogens (primary N) is 1. The highest BCUT2D eigenvalue weighted by molar-refractivity contribution is 5.37. The van der Waals surface area contributed by atoms with Crippen LogP contribution in [0.15, 0.2) is 42.5 Å². The molecule has 4 rings (SSSR count). The van der Waals surface area contributed by atoms with E-state index in [2.05, 4.69) is 41.3 Å². The molecule has 4 heteroatoms. The van der Waals surface area contributed by atoms with E-state index in [1.165, 1.54) is 22.3 Å². The molecular weight excluding hydrogens is 327 g/mol. The second-order valence-corrected chi connectivity index (χ2v) is 7.90. The lowest BCUT2D eigenvalue weighted by atomic mass is 9.99. The number of ether oxygens (including phenoxy) is 1. The highest BCUT2D eigenvalue weighted by Gasteiger charge is 2.51. The van der Waals surface area contributed by atoms with Gasteiger partial charge in [-0.1, -0.05) is 30.3 Å². The molecule has 2 unspecified atom stereocenters. The average Bonchev–Trinajstić information content (AvgIpc) is 3.27. The van der Waals surface area contributed by atoms with Crippen molar-refractivity contribution in [3.8, 4) is 5.75 Å². The summed E-state index contributed by atoms with van der Waals surface area (Å²) in [4.78, 5) is 2.47. The van der Waals surface area contributed by atoms with Crippen molar-refractivity contribution in [3.63, 3.8) is 0 Å². The predicted octanol–water partition coefficient (Wildman–Crippen LogP) is 3.83. The molecule has 0 amide bonds. The third-order valence-electron chi connectivity index (χ3n) is 5.72. The van der Waals surface area contributed by atoms with Crippen LogP contribution in [0.2, 0.25) is 0 Å². The maximum Gasteiger partial charge on any atom is 0.119 e. The largest absolute Gasteiger partial charge is 0.493 e. The van der Waals surface area contributed by atoms with Crippen molar-refractivity contribution in [3.05, 3.63) is 64.7 Å². The molecule has 26 heavy (non-hydrogen) atoms. The van der Waals surface area contributed by atoms with Crippen molar-refractivity contribution in [2.45, 2.75) is 45.1 Å². The summed E-state index contributed by atoms with van der Waals surface area (Å²) in [5.41, 5.74) is 9.86. The number of benzene rings is 2. The van der Waals surface area contributed by atoms with Crippen LogP contribution in [0.5, 0.6) is 5.75 Å². The SMILES string of the molecule is CC1(F)CC1COc1ccc2c(c1)CCN(Cc1ccc(CN)cc1)C2. The minimum Gasteiger partial charge on any atom is -0.493 e. The Morgan fingerprint density at radius 2 is 1.88 bits per heavy atom. The first kappa shape index (κ1) is 17.5. The van der Waals surface area contributed by atoms with E-state index in [4.69, 9.17) is 10.5 Å². The van der Waals surface area contributed by atoms with Crippen LogP contribution in [0.4, 0.5) is 4.39 Å². The molecule has 1 fully saturated rings. The van der Waals surface area contributed by atoms with Crippen molar-refractivity contribution in [2.24, 2.45) is 11.7 Å². The number of fused-ring (bicyclic) bond motifs is 1. The van der Waals surface area contributed by atoms with E-state index in [9.17, 15) is 4.39 Å². The fourth-order valence-corrected chi connectivity index (χ4v) is 3.70. The molecule has 2 aliphatic rings. The van der Waals surface area contributed by atoms with Gasteiger partial charge in [-0.15, -0.1) is 0 Å². The summed E-state index contributed by atoms with van der Waals surface area (Å²) in [5.74, 6) is 0.928. The maximum atomic E-state index is 13.6. The first-order valence-corrected chi connectivity index (χ1v) is 9.47. The minimum absolute atomic E-state index is 0.0553. The standard InChI is InChI=1S/C22H27FN2O/c1-22(23)11-20(22)15-26-21-7-6-19-14-25(9-8-18(19)10-21)13-17-4-2-16(12-24)3-5-17/h2-7,10,20H,8-9,11-15,24H2,1H3. The van der Waals surface area contributed by atoms with E-state index in [0.29, 0.717) is 19.6 Å². The lowest BCUT2D eigenvalue weighted by Crippen LogP contribution is -2.30. The Labute approximate surface area is 155 Å². The van der Waals surface area contributed by atoms with Crippen molar-refractivity contribution >= 4 is 0 Å². The van der Waals surface area contributed by atoms with Crippen molar-refractivity contribution in [1.82, 2.24) is 4.90 Å². The van der Waals surface area contributed by atoms with E-state index in [1.807, 2.05) is 6.07 Å². The van der Waals surface area contributed by atoms with Gasteiger partial charge < -0.3 is 10.5 Å². The zero-order valence-corrected chi connectivity index (χ0v) is 15.4. The van der Waals surface area contributed by atoms with Crippen molar-refractivity contribution in [2.75, 3.05) is 13.2 Å². The highest BCUT2D eigenvalue weighted by Crippen LogP contribution is 2.46. The van der Waals surface area contributed by atoms with Crippen LogP contribution in [0.1, 0.15) is 35.6 Å². The van der Waals surface area contributed by atoms with Gasteiger partial charge in [-0.25, -0.2) is 4.39 Å². The zero-order valence-electron chi connectivity index (χ0n) is 15.4. The van der Waals surface area contributed by atoms with Gasteiger partial charge in [0.25, 0.3) is 0 Å². The third kappa shape index (κ3) is 3.92. The van der Waals surface area contributed by atoms with Gasteiger partial charge in [-0.05, 0) is 54.2 Å². The maximum absolute atomic E-state index is 13.6. The average molecular weight is 354 g/mol. The Morgan fingerprint density at radius 3 is 2.58 bits per heavy atom. The van der Waals surface area contributed by atoms with Gasteiger partial charge in [0.1, 0.15) is 11.4 Å². The smallest absolute Gasteiger partial charge is 0.119 e. The van der Waals surface area contributed by atoms with E-state index in [1.54, 1.807) is 6.92 Å². The lowest BCUT2D eigenvalue weighted by Gasteiger charge is -2.29. The van der Waals surface area contributed by atoms with Gasteiger partial charge >= 0.3 is 0 Å². The van der Waals surface area contributed by atoms with E-state index in [-0.39, 0.29) is 5.92 Å². The second kappa shape index (κ2) is 7.01. The molecule has 2 aromatic carbocycles. The Morgan fingerprint density at radius 1 is 1.15 bits per heavy atom. The van der Waals surface area contributed by atoms with Crippen LogP contribution >= 0.6 is 0 Å². The summed E-state index contributed by atoms with van der Waals surface area (Å²) in [6, 6.07) is 14.9. The summed E-state index contributed by atoms with van der Waals surface area (Å²) in [5, 5.41) is 0. The second-order valence-electron chi connectivity index (χ2n) is 7.90. The molecule has 3 nitrogen and oxygen atoms in total. The number of nitrogens with zero attached hydrogens (tertiary/aromatic N) is 1. The fourth-order valence-electron chi connectivity index (χ4n) is 3.70. The molecule has 2 N–H and O–H groups in total. The molecule has 1 heterocycles. The van der Waals surface area contributed by atoms with Gasteiger partial charge in [0.15, 0.2) is 0 Å². The van der Waals surface area contributed by atoms with Crippen LogP contribution in [0.3, 0.4) is 0 Å². The monoisotopic (exact) mass is 354 g/mol. The molecule has 0 radical (unpaired) electrons. The number of hydrogen-bond acceptors (Lipinski definition) is 3. The van der Waals surface area contributed by atoms with Gasteiger partial charge in [0, 0.05) is 32.1 Å². The Hall–Kier alpha value is -1.91. The Bertz CT molecular complexity index is 772. The van der Waals surface area contributed by atoms with E-state index in [0.717, 1.165) is 31.8 Å². The number of alkyl halides is 1. The molecule has 2 aromatic rings. The molecule has 1 aliphatic heterocycles. The molecule has 1 saturated carbocycles. The zero-order chi connectivity index (χ0) is 18.1. The topological polar surface area (TPSA) is 38.5 Å². The molecule has 1 aliphatic carbocycles. The number of hydrogen-bond donors (Lipinski definition) is 1. The molecule has 0 aromatic heterocycles. The minimum atomic E-state index is -1.02. The van der Waals surface area contributed by atoms with Gasteiger partial charge in [-0.3, -0.25) is 4.90 Å². The Balaban J connectivity index is 1.34. The molecule has 0 saturated heterocycles. The molecule has 0 bridgehead atoms.